The molecule has 0 fully saturated rings. The van der Waals surface area contributed by atoms with Crippen LogP contribution in [0.2, 0.25) is 0 Å². The number of aromatic amines is 1. The maximum atomic E-state index is 4.99. The zero-order valence-corrected chi connectivity index (χ0v) is 7.66. The Kier molecular flexibility index (Phi) is 2.76. The normalized spacial score (nSPS) is 10.0. The maximum Gasteiger partial charge on any atom is 0.129 e. The van der Waals surface area contributed by atoms with E-state index in [9.17, 15) is 0 Å². The van der Waals surface area contributed by atoms with Crippen LogP contribution in [0.4, 0.5) is 0 Å². The molecule has 0 unspecified atom stereocenters. The molecule has 0 aliphatic carbocycles. The molecule has 60 valence electrons. The second-order valence-electron chi connectivity index (χ2n) is 2.40. The molecule has 11 heavy (non-hydrogen) atoms. The Bertz CT molecular complexity index is 265. The van der Waals surface area contributed by atoms with Gasteiger partial charge in [-0.05, 0) is 12.5 Å². The third kappa shape index (κ3) is 2.12. The summed E-state index contributed by atoms with van der Waals surface area (Å²) in [7, 11) is 0. The van der Waals surface area contributed by atoms with Crippen molar-refractivity contribution in [1.82, 2.24) is 9.97 Å². The summed E-state index contributed by atoms with van der Waals surface area (Å²) < 4.78 is 0.692. The molecule has 0 radical (unpaired) electrons. The Morgan fingerprint density at radius 1 is 1.45 bits per heavy atom. The minimum atomic E-state index is 0.692. The van der Waals surface area contributed by atoms with Crippen LogP contribution in [0.3, 0.4) is 0 Å². The molecule has 1 N–H and O–H groups in total. The summed E-state index contributed by atoms with van der Waals surface area (Å²) in [5, 5.41) is 0. The smallest absolute Gasteiger partial charge is 0.129 e. The first-order valence-corrected chi connectivity index (χ1v) is 4.26. The monoisotopic (exact) mass is 168 g/mol. The number of rotatable bonds is 2. The van der Waals surface area contributed by atoms with Gasteiger partial charge in [0.05, 0.1) is 0 Å². The maximum absolute atomic E-state index is 4.99. The molecular formula is C8H12N2S. The van der Waals surface area contributed by atoms with Gasteiger partial charge in [-0.2, -0.15) is 0 Å². The summed E-state index contributed by atoms with van der Waals surface area (Å²) in [6, 6.07) is 1.91. The average Bonchev–Trinajstić information content (AvgIpc) is 2.03. The van der Waals surface area contributed by atoms with Crippen LogP contribution in [0.15, 0.2) is 6.07 Å². The van der Waals surface area contributed by atoms with Crippen LogP contribution in [-0.4, -0.2) is 9.97 Å². The van der Waals surface area contributed by atoms with Gasteiger partial charge in [-0.1, -0.05) is 26.1 Å². The van der Waals surface area contributed by atoms with Gasteiger partial charge in [-0.15, -0.1) is 0 Å². The predicted octanol–water partition coefficient (Wildman–Crippen LogP) is 2.26. The van der Waals surface area contributed by atoms with E-state index in [2.05, 4.69) is 23.8 Å². The number of nitrogens with one attached hydrogen (secondary N) is 1. The molecule has 0 aliphatic heterocycles. The highest BCUT2D eigenvalue weighted by Crippen LogP contribution is 1.98. The van der Waals surface area contributed by atoms with Gasteiger partial charge in [0.15, 0.2) is 0 Å². The van der Waals surface area contributed by atoms with Crippen molar-refractivity contribution in [2.24, 2.45) is 0 Å². The third-order valence-electron chi connectivity index (χ3n) is 1.56. The van der Waals surface area contributed by atoms with E-state index >= 15 is 0 Å². The second-order valence-corrected chi connectivity index (χ2v) is 2.82. The van der Waals surface area contributed by atoms with E-state index in [0.717, 1.165) is 18.7 Å². The highest BCUT2D eigenvalue weighted by Gasteiger charge is 1.93. The van der Waals surface area contributed by atoms with Crippen molar-refractivity contribution in [2.75, 3.05) is 0 Å². The molecule has 0 saturated heterocycles. The Hall–Kier alpha value is -0.700. The fraction of sp³-hybridized carbons (Fsp3) is 0.500. The van der Waals surface area contributed by atoms with Gasteiger partial charge in [-0.25, -0.2) is 4.98 Å². The first kappa shape index (κ1) is 8.40. The first-order chi connectivity index (χ1) is 5.26. The van der Waals surface area contributed by atoms with Crippen molar-refractivity contribution in [3.8, 4) is 0 Å². The van der Waals surface area contributed by atoms with E-state index < -0.39 is 0 Å². The Morgan fingerprint density at radius 3 is 2.73 bits per heavy atom. The van der Waals surface area contributed by atoms with Crippen LogP contribution >= 0.6 is 12.2 Å². The molecule has 0 amide bonds. The van der Waals surface area contributed by atoms with Crippen LogP contribution < -0.4 is 0 Å². The minimum absolute atomic E-state index is 0.692. The number of aromatic nitrogens is 2. The lowest BCUT2D eigenvalue weighted by molar-refractivity contribution is 0.882. The molecular weight excluding hydrogens is 156 g/mol. The van der Waals surface area contributed by atoms with E-state index in [1.165, 1.54) is 5.69 Å². The number of nitrogens with zero attached hydrogens (tertiary/aromatic N) is 1. The lowest BCUT2D eigenvalue weighted by atomic mass is 10.3. The molecule has 1 aromatic heterocycles. The van der Waals surface area contributed by atoms with Crippen molar-refractivity contribution >= 4 is 12.2 Å². The third-order valence-corrected chi connectivity index (χ3v) is 1.77. The summed E-state index contributed by atoms with van der Waals surface area (Å²) in [6.07, 6.45) is 1.90. The SMILES string of the molecule is CCc1cc(=S)nc(CC)[nH]1. The van der Waals surface area contributed by atoms with Crippen LogP contribution in [0, 0.1) is 4.64 Å². The van der Waals surface area contributed by atoms with Gasteiger partial charge in [-0.3, -0.25) is 0 Å². The van der Waals surface area contributed by atoms with Gasteiger partial charge in [0.1, 0.15) is 10.5 Å². The molecule has 1 aromatic rings. The second kappa shape index (κ2) is 3.62. The van der Waals surface area contributed by atoms with Gasteiger partial charge in [0.2, 0.25) is 0 Å². The molecule has 0 aliphatic rings. The summed E-state index contributed by atoms with van der Waals surface area (Å²) in [5.74, 6) is 0.981. The van der Waals surface area contributed by atoms with E-state index in [1.807, 2.05) is 6.07 Å². The van der Waals surface area contributed by atoms with E-state index in [-0.39, 0.29) is 0 Å². The van der Waals surface area contributed by atoms with Gasteiger partial charge < -0.3 is 4.98 Å². The fourth-order valence-electron chi connectivity index (χ4n) is 0.922. The van der Waals surface area contributed by atoms with Gasteiger partial charge in [0, 0.05) is 12.1 Å². The predicted molar refractivity (Wildman–Crippen MR) is 48.2 cm³/mol. The molecule has 3 heteroatoms. The van der Waals surface area contributed by atoms with Crippen molar-refractivity contribution < 1.29 is 0 Å². The zero-order chi connectivity index (χ0) is 8.27. The summed E-state index contributed by atoms with van der Waals surface area (Å²) in [5.41, 5.74) is 1.17. The topological polar surface area (TPSA) is 28.7 Å². The molecule has 2 nitrogen and oxygen atoms in total. The Balaban J connectivity index is 3.12. The largest absolute Gasteiger partial charge is 0.347 e. The number of aryl methyl sites for hydroxylation is 2. The van der Waals surface area contributed by atoms with Gasteiger partial charge >= 0.3 is 0 Å². The van der Waals surface area contributed by atoms with Gasteiger partial charge in [0.25, 0.3) is 0 Å². The van der Waals surface area contributed by atoms with Crippen molar-refractivity contribution in [1.29, 1.82) is 0 Å². The molecule has 1 rings (SSSR count). The molecule has 0 atom stereocenters. The fourth-order valence-corrected chi connectivity index (χ4v) is 1.17. The standard InChI is InChI=1S/C8H12N2S/c1-3-6-5-8(11)10-7(4-2)9-6/h5H,3-4H2,1-2H3,(H,9,10,11). The quantitative estimate of drug-likeness (QED) is 0.686. The Labute approximate surface area is 71.7 Å². The highest BCUT2D eigenvalue weighted by atomic mass is 32.1. The number of hydrogen-bond acceptors (Lipinski definition) is 2. The molecule has 1 heterocycles. The van der Waals surface area contributed by atoms with E-state index in [1.54, 1.807) is 0 Å². The van der Waals surface area contributed by atoms with Crippen LogP contribution in [-0.2, 0) is 12.8 Å². The first-order valence-electron chi connectivity index (χ1n) is 3.85. The summed E-state index contributed by atoms with van der Waals surface area (Å²) >= 11 is 4.99. The van der Waals surface area contributed by atoms with E-state index in [0.29, 0.717) is 4.64 Å². The molecule has 0 spiro atoms. The summed E-state index contributed by atoms with van der Waals surface area (Å²) in [6.45, 7) is 4.16. The van der Waals surface area contributed by atoms with Crippen LogP contribution in [0.25, 0.3) is 0 Å². The van der Waals surface area contributed by atoms with Crippen molar-refractivity contribution in [3.63, 3.8) is 0 Å². The van der Waals surface area contributed by atoms with Crippen molar-refractivity contribution in [2.45, 2.75) is 26.7 Å². The lowest BCUT2D eigenvalue weighted by Gasteiger charge is -2.00. The molecule has 0 aromatic carbocycles. The molecule has 0 saturated carbocycles. The minimum Gasteiger partial charge on any atom is -0.347 e. The highest BCUT2D eigenvalue weighted by molar-refractivity contribution is 7.71. The zero-order valence-electron chi connectivity index (χ0n) is 6.85. The van der Waals surface area contributed by atoms with E-state index in [4.69, 9.17) is 12.2 Å². The number of H-pyrrole nitrogens is 1. The van der Waals surface area contributed by atoms with Crippen LogP contribution in [0.5, 0.6) is 0 Å². The number of hydrogen-bond donors (Lipinski definition) is 1. The lowest BCUT2D eigenvalue weighted by Crippen LogP contribution is -1.96. The average molecular weight is 168 g/mol. The summed E-state index contributed by atoms with van der Waals surface area (Å²) in [4.78, 5) is 7.37. The molecule has 0 bridgehead atoms. The van der Waals surface area contributed by atoms with Crippen molar-refractivity contribution in [3.05, 3.63) is 22.2 Å². The van der Waals surface area contributed by atoms with Crippen LogP contribution in [0.1, 0.15) is 25.4 Å². The Morgan fingerprint density at radius 2 is 2.18 bits per heavy atom.